The lowest BCUT2D eigenvalue weighted by atomic mass is 10.0. The standard InChI is InChI=1S/C59H41N5/c1-38-21-25-40(26-22-38)44-29-31-55-51(35-44)49-17-9-11-19-53(49)63(55)47-33-46(59-61-57(42-13-5-3-6-14-42)60-58(62-59)43-15-7-4-8-16-43)34-48(37-47)64-54-20-12-10-18-50(54)52-36-45(30-32-56(52)64)41-27-23-39(2)24-28-41/h3-37H,1-2H3. The molecule has 0 spiro atoms. The minimum Gasteiger partial charge on any atom is -0.309 e. The Morgan fingerprint density at radius 3 is 1.06 bits per heavy atom. The molecular weight excluding hydrogens is 779 g/mol. The number of para-hydroxylation sites is 2. The molecule has 3 aromatic heterocycles. The van der Waals surface area contributed by atoms with E-state index in [-0.39, 0.29) is 0 Å². The Balaban J connectivity index is 1.14. The minimum atomic E-state index is 0.598. The van der Waals surface area contributed by atoms with Gasteiger partial charge in [0, 0.05) is 49.6 Å². The van der Waals surface area contributed by atoms with E-state index in [4.69, 9.17) is 15.0 Å². The first-order valence-corrected chi connectivity index (χ1v) is 21.8. The zero-order valence-electron chi connectivity index (χ0n) is 35.4. The van der Waals surface area contributed by atoms with Crippen molar-refractivity contribution in [3.05, 3.63) is 223 Å². The van der Waals surface area contributed by atoms with Gasteiger partial charge in [0.1, 0.15) is 0 Å². The first kappa shape index (κ1) is 37.4. The lowest BCUT2D eigenvalue weighted by Crippen LogP contribution is -2.03. The molecule has 12 rings (SSSR count). The van der Waals surface area contributed by atoms with E-state index in [0.717, 1.165) is 50.1 Å². The molecule has 5 heteroatoms. The van der Waals surface area contributed by atoms with Crippen LogP contribution in [0.2, 0.25) is 0 Å². The molecule has 0 fully saturated rings. The topological polar surface area (TPSA) is 48.5 Å². The maximum Gasteiger partial charge on any atom is 0.164 e. The van der Waals surface area contributed by atoms with E-state index in [1.165, 1.54) is 54.9 Å². The highest BCUT2D eigenvalue weighted by atomic mass is 15.0. The second-order valence-corrected chi connectivity index (χ2v) is 16.7. The van der Waals surface area contributed by atoms with Crippen molar-refractivity contribution in [2.24, 2.45) is 0 Å². The number of nitrogens with zero attached hydrogens (tertiary/aromatic N) is 5. The molecule has 9 aromatic carbocycles. The Labute approximate surface area is 371 Å². The van der Waals surface area contributed by atoms with E-state index in [1.807, 2.05) is 36.4 Å². The molecule has 0 aliphatic rings. The molecule has 0 radical (unpaired) electrons. The first-order chi connectivity index (χ1) is 31.5. The van der Waals surface area contributed by atoms with Gasteiger partial charge in [-0.25, -0.2) is 15.0 Å². The summed E-state index contributed by atoms with van der Waals surface area (Å²) in [7, 11) is 0. The van der Waals surface area contributed by atoms with Crippen molar-refractivity contribution < 1.29 is 0 Å². The lowest BCUT2D eigenvalue weighted by molar-refractivity contribution is 1.07. The van der Waals surface area contributed by atoms with E-state index in [9.17, 15) is 0 Å². The van der Waals surface area contributed by atoms with Crippen molar-refractivity contribution in [3.8, 4) is 67.8 Å². The van der Waals surface area contributed by atoms with Crippen LogP contribution in [-0.4, -0.2) is 24.1 Å². The van der Waals surface area contributed by atoms with E-state index in [0.29, 0.717) is 17.5 Å². The van der Waals surface area contributed by atoms with Gasteiger partial charge in [0.25, 0.3) is 0 Å². The number of aryl methyl sites for hydroxylation is 2. The van der Waals surface area contributed by atoms with Crippen molar-refractivity contribution in [2.45, 2.75) is 13.8 Å². The van der Waals surface area contributed by atoms with Crippen LogP contribution in [0, 0.1) is 13.8 Å². The summed E-state index contributed by atoms with van der Waals surface area (Å²) >= 11 is 0. The van der Waals surface area contributed by atoms with Crippen LogP contribution in [0.25, 0.3) is 111 Å². The highest BCUT2D eigenvalue weighted by Gasteiger charge is 2.20. The molecule has 0 saturated carbocycles. The van der Waals surface area contributed by atoms with E-state index >= 15 is 0 Å². The van der Waals surface area contributed by atoms with Crippen LogP contribution >= 0.6 is 0 Å². The number of rotatable bonds is 7. The fraction of sp³-hybridized carbons (Fsp3) is 0.0339. The summed E-state index contributed by atoms with van der Waals surface area (Å²) < 4.78 is 4.80. The molecule has 64 heavy (non-hydrogen) atoms. The summed E-state index contributed by atoms with van der Waals surface area (Å²) in [6.45, 7) is 4.26. The Kier molecular flexibility index (Phi) is 8.87. The molecule has 0 aliphatic carbocycles. The summed E-state index contributed by atoms with van der Waals surface area (Å²) in [6.07, 6.45) is 0. The zero-order chi connectivity index (χ0) is 42.7. The molecule has 0 atom stereocenters. The van der Waals surface area contributed by atoms with Crippen molar-refractivity contribution in [2.75, 3.05) is 0 Å². The number of benzene rings is 9. The van der Waals surface area contributed by atoms with Gasteiger partial charge in [0.05, 0.1) is 22.1 Å². The summed E-state index contributed by atoms with van der Waals surface area (Å²) in [5.74, 6) is 1.84. The third kappa shape index (κ3) is 6.45. The fourth-order valence-corrected chi connectivity index (χ4v) is 9.27. The average Bonchev–Trinajstić information content (AvgIpc) is 3.87. The highest BCUT2D eigenvalue weighted by molar-refractivity contribution is 6.12. The van der Waals surface area contributed by atoms with E-state index in [1.54, 1.807) is 0 Å². The van der Waals surface area contributed by atoms with Gasteiger partial charge in [-0.2, -0.15) is 0 Å². The van der Waals surface area contributed by atoms with Gasteiger partial charge in [-0.05, 0) is 90.7 Å². The van der Waals surface area contributed by atoms with Gasteiger partial charge >= 0.3 is 0 Å². The molecule has 3 heterocycles. The smallest absolute Gasteiger partial charge is 0.164 e. The summed E-state index contributed by atoms with van der Waals surface area (Å²) in [5.41, 5.74) is 16.5. The van der Waals surface area contributed by atoms with E-state index < -0.39 is 0 Å². The SMILES string of the molecule is Cc1ccc(-c2ccc3c(c2)c2ccccc2n3-c2cc(-c3nc(-c4ccccc4)nc(-c4ccccc4)n3)cc(-n3c4ccccc4c4cc(-c5ccc(C)cc5)ccc43)c2)cc1. The maximum absolute atomic E-state index is 5.26. The highest BCUT2D eigenvalue weighted by Crippen LogP contribution is 2.40. The Bertz CT molecular complexity index is 3470. The summed E-state index contributed by atoms with van der Waals surface area (Å²) in [4.78, 5) is 15.6. The normalized spacial score (nSPS) is 11.6. The maximum atomic E-state index is 5.26. The quantitative estimate of drug-likeness (QED) is 0.161. The first-order valence-electron chi connectivity index (χ1n) is 21.8. The van der Waals surface area contributed by atoms with E-state index in [2.05, 4.69) is 199 Å². The van der Waals surface area contributed by atoms with Crippen molar-refractivity contribution in [1.29, 1.82) is 0 Å². The minimum absolute atomic E-state index is 0.598. The van der Waals surface area contributed by atoms with Gasteiger partial charge in [0.15, 0.2) is 17.5 Å². The van der Waals surface area contributed by atoms with Crippen LogP contribution in [0.15, 0.2) is 212 Å². The molecule has 0 N–H and O–H groups in total. The third-order valence-corrected chi connectivity index (χ3v) is 12.5. The second kappa shape index (κ2) is 15.2. The van der Waals surface area contributed by atoms with Gasteiger partial charge < -0.3 is 9.13 Å². The Hall–Kier alpha value is -8.41. The van der Waals surface area contributed by atoms with Crippen molar-refractivity contribution in [1.82, 2.24) is 24.1 Å². The van der Waals surface area contributed by atoms with Crippen molar-refractivity contribution in [3.63, 3.8) is 0 Å². The Morgan fingerprint density at radius 2 is 0.625 bits per heavy atom. The molecule has 0 bridgehead atoms. The number of hydrogen-bond acceptors (Lipinski definition) is 3. The molecule has 0 unspecified atom stereocenters. The van der Waals surface area contributed by atoms with Crippen LogP contribution in [-0.2, 0) is 0 Å². The van der Waals surface area contributed by atoms with Crippen LogP contribution in [0.3, 0.4) is 0 Å². The third-order valence-electron chi connectivity index (χ3n) is 12.5. The fourth-order valence-electron chi connectivity index (χ4n) is 9.27. The zero-order valence-corrected chi connectivity index (χ0v) is 35.4. The molecule has 12 aromatic rings. The number of hydrogen-bond donors (Lipinski definition) is 0. The van der Waals surface area contributed by atoms with Gasteiger partial charge in [-0.1, -0.05) is 169 Å². The van der Waals surface area contributed by atoms with Crippen LogP contribution in [0.5, 0.6) is 0 Å². The van der Waals surface area contributed by atoms with Gasteiger partial charge in [0.2, 0.25) is 0 Å². The second-order valence-electron chi connectivity index (χ2n) is 16.7. The predicted octanol–water partition coefficient (Wildman–Crippen LogP) is 15.0. The van der Waals surface area contributed by atoms with Crippen LogP contribution in [0.4, 0.5) is 0 Å². The van der Waals surface area contributed by atoms with Gasteiger partial charge in [-0.3, -0.25) is 0 Å². The molecule has 0 saturated heterocycles. The number of fused-ring (bicyclic) bond motifs is 6. The molecule has 302 valence electrons. The Morgan fingerprint density at radius 1 is 0.266 bits per heavy atom. The molecule has 0 amide bonds. The summed E-state index contributed by atoms with van der Waals surface area (Å²) in [5, 5.41) is 4.77. The number of aromatic nitrogens is 5. The summed E-state index contributed by atoms with van der Waals surface area (Å²) in [6, 6.07) is 75.9. The molecular formula is C59H41N5. The largest absolute Gasteiger partial charge is 0.309 e. The van der Waals surface area contributed by atoms with Crippen molar-refractivity contribution >= 4 is 43.6 Å². The monoisotopic (exact) mass is 819 g/mol. The van der Waals surface area contributed by atoms with Crippen LogP contribution < -0.4 is 0 Å². The molecule has 5 nitrogen and oxygen atoms in total. The van der Waals surface area contributed by atoms with Gasteiger partial charge in [-0.15, -0.1) is 0 Å². The predicted molar refractivity (Wildman–Crippen MR) is 265 cm³/mol. The average molecular weight is 820 g/mol. The molecule has 0 aliphatic heterocycles. The lowest BCUT2D eigenvalue weighted by Gasteiger charge is -2.16. The van der Waals surface area contributed by atoms with Crippen LogP contribution in [0.1, 0.15) is 11.1 Å².